The van der Waals surface area contributed by atoms with Crippen LogP contribution < -0.4 is 9.80 Å². The van der Waals surface area contributed by atoms with Crippen molar-refractivity contribution in [1.29, 1.82) is 0 Å². The van der Waals surface area contributed by atoms with Crippen LogP contribution in [-0.2, 0) is 19.2 Å². The standard InChI is InChI=1S/C20H14N2O4/c1-11-9-17(23)21(19(11)25)15-7-8-16(14-6-4-3-5-13(14)15)22-18(24)10-12(2)20(22)26/h3-10H,1-2H3. The van der Waals surface area contributed by atoms with Crippen LogP contribution in [0, 0.1) is 0 Å². The molecule has 0 atom stereocenters. The molecule has 128 valence electrons. The van der Waals surface area contributed by atoms with Gasteiger partial charge in [0.05, 0.1) is 11.4 Å². The van der Waals surface area contributed by atoms with Crippen molar-refractivity contribution in [1.82, 2.24) is 0 Å². The van der Waals surface area contributed by atoms with E-state index in [1.165, 1.54) is 12.2 Å². The molecule has 2 aromatic rings. The lowest BCUT2D eigenvalue weighted by molar-refractivity contribution is -0.121. The van der Waals surface area contributed by atoms with Gasteiger partial charge < -0.3 is 0 Å². The molecule has 4 rings (SSSR count). The van der Waals surface area contributed by atoms with Gasteiger partial charge in [-0.25, -0.2) is 9.80 Å². The molecule has 0 aromatic heterocycles. The van der Waals surface area contributed by atoms with Gasteiger partial charge in [-0.2, -0.15) is 0 Å². The molecule has 0 fully saturated rings. The van der Waals surface area contributed by atoms with E-state index in [1.54, 1.807) is 50.2 Å². The van der Waals surface area contributed by atoms with E-state index in [1.807, 2.05) is 0 Å². The first-order valence-electron chi connectivity index (χ1n) is 8.05. The normalized spacial score (nSPS) is 17.5. The highest BCUT2D eigenvalue weighted by Crippen LogP contribution is 2.37. The molecule has 0 bridgehead atoms. The minimum Gasteiger partial charge on any atom is -0.269 e. The van der Waals surface area contributed by atoms with Crippen LogP contribution in [0.5, 0.6) is 0 Å². The van der Waals surface area contributed by atoms with E-state index in [0.29, 0.717) is 33.3 Å². The lowest BCUT2D eigenvalue weighted by Gasteiger charge is -2.21. The largest absolute Gasteiger partial charge is 0.269 e. The molecule has 2 aliphatic heterocycles. The summed E-state index contributed by atoms with van der Waals surface area (Å²) in [6.45, 7) is 3.18. The SMILES string of the molecule is CC1=CC(=O)N(c2ccc(N3C(=O)C=C(C)C3=O)c3ccccc23)C1=O. The van der Waals surface area contributed by atoms with E-state index in [4.69, 9.17) is 0 Å². The Kier molecular flexibility index (Phi) is 3.37. The van der Waals surface area contributed by atoms with Crippen LogP contribution in [0.25, 0.3) is 10.8 Å². The smallest absolute Gasteiger partial charge is 0.261 e. The Morgan fingerprint density at radius 1 is 0.615 bits per heavy atom. The van der Waals surface area contributed by atoms with Gasteiger partial charge in [-0.05, 0) is 26.0 Å². The number of amides is 4. The lowest BCUT2D eigenvalue weighted by Crippen LogP contribution is -2.32. The Labute approximate surface area is 149 Å². The van der Waals surface area contributed by atoms with Crippen molar-refractivity contribution in [2.45, 2.75) is 13.8 Å². The number of carbonyl (C=O) groups excluding carboxylic acids is 4. The van der Waals surface area contributed by atoms with Gasteiger partial charge in [0.15, 0.2) is 0 Å². The zero-order valence-electron chi connectivity index (χ0n) is 14.1. The maximum absolute atomic E-state index is 12.4. The van der Waals surface area contributed by atoms with E-state index < -0.39 is 11.8 Å². The molecule has 0 N–H and O–H groups in total. The minimum absolute atomic E-state index is 0.368. The van der Waals surface area contributed by atoms with Gasteiger partial charge in [0.1, 0.15) is 0 Å². The molecule has 2 heterocycles. The van der Waals surface area contributed by atoms with Crippen molar-refractivity contribution < 1.29 is 19.2 Å². The molecule has 26 heavy (non-hydrogen) atoms. The summed E-state index contributed by atoms with van der Waals surface area (Å²) >= 11 is 0. The van der Waals surface area contributed by atoms with Crippen LogP contribution in [0.15, 0.2) is 59.7 Å². The number of carbonyl (C=O) groups is 4. The number of rotatable bonds is 2. The van der Waals surface area contributed by atoms with Crippen LogP contribution in [0.3, 0.4) is 0 Å². The summed E-state index contributed by atoms with van der Waals surface area (Å²) in [5.74, 6) is -1.56. The molecule has 0 spiro atoms. The monoisotopic (exact) mass is 346 g/mol. The molecule has 0 saturated carbocycles. The lowest BCUT2D eigenvalue weighted by atomic mass is 10.0. The fourth-order valence-electron chi connectivity index (χ4n) is 3.29. The zero-order chi connectivity index (χ0) is 18.6. The van der Waals surface area contributed by atoms with Gasteiger partial charge in [0.25, 0.3) is 23.6 Å². The van der Waals surface area contributed by atoms with Gasteiger partial charge in [0.2, 0.25) is 0 Å². The van der Waals surface area contributed by atoms with Gasteiger partial charge in [-0.15, -0.1) is 0 Å². The second-order valence-corrected chi connectivity index (χ2v) is 6.26. The first kappa shape index (κ1) is 16.0. The number of nitrogens with zero attached hydrogens (tertiary/aromatic N) is 2. The number of fused-ring (bicyclic) bond motifs is 1. The van der Waals surface area contributed by atoms with Crippen LogP contribution in [0.4, 0.5) is 11.4 Å². The van der Waals surface area contributed by atoms with Crippen molar-refractivity contribution in [3.63, 3.8) is 0 Å². The number of anilines is 2. The van der Waals surface area contributed by atoms with Gasteiger partial charge in [-0.1, -0.05) is 24.3 Å². The van der Waals surface area contributed by atoms with Crippen LogP contribution >= 0.6 is 0 Å². The third kappa shape index (κ3) is 2.12. The summed E-state index contributed by atoms with van der Waals surface area (Å²) in [6, 6.07) is 10.2. The molecular weight excluding hydrogens is 332 g/mol. The summed E-state index contributed by atoms with van der Waals surface area (Å²) in [5, 5.41) is 1.22. The molecule has 4 amide bonds. The molecular formula is C20H14N2O4. The third-order valence-electron chi connectivity index (χ3n) is 4.56. The fraction of sp³-hybridized carbons (Fsp3) is 0.100. The first-order chi connectivity index (χ1) is 12.4. The summed E-state index contributed by atoms with van der Waals surface area (Å²) in [6.07, 6.45) is 2.59. The first-order valence-corrected chi connectivity index (χ1v) is 8.05. The quantitative estimate of drug-likeness (QED) is 0.783. The Balaban J connectivity index is 1.91. The van der Waals surface area contributed by atoms with Gasteiger partial charge in [-0.3, -0.25) is 19.2 Å². The third-order valence-corrected chi connectivity index (χ3v) is 4.56. The number of hydrogen-bond acceptors (Lipinski definition) is 4. The molecule has 0 radical (unpaired) electrons. The zero-order valence-corrected chi connectivity index (χ0v) is 14.1. The highest BCUT2D eigenvalue weighted by atomic mass is 16.2. The topological polar surface area (TPSA) is 74.8 Å². The summed E-state index contributed by atoms with van der Waals surface area (Å²) in [7, 11) is 0. The maximum Gasteiger partial charge on any atom is 0.261 e. The van der Waals surface area contributed by atoms with Crippen molar-refractivity contribution in [2.75, 3.05) is 9.80 Å². The van der Waals surface area contributed by atoms with Crippen LogP contribution in [0.1, 0.15) is 13.8 Å². The molecule has 0 aliphatic carbocycles. The van der Waals surface area contributed by atoms with E-state index >= 15 is 0 Å². The molecule has 0 saturated heterocycles. The van der Waals surface area contributed by atoms with Crippen molar-refractivity contribution in [3.05, 3.63) is 59.7 Å². The predicted molar refractivity (Wildman–Crippen MR) is 96.4 cm³/mol. The summed E-state index contributed by atoms with van der Waals surface area (Å²) in [5.41, 5.74) is 1.59. The van der Waals surface area contributed by atoms with Gasteiger partial charge >= 0.3 is 0 Å². The fourth-order valence-corrected chi connectivity index (χ4v) is 3.29. The Bertz CT molecular complexity index is 1010. The van der Waals surface area contributed by atoms with Crippen molar-refractivity contribution >= 4 is 45.8 Å². The second kappa shape index (κ2) is 5.49. The molecule has 0 unspecified atom stereocenters. The molecule has 6 nitrogen and oxygen atoms in total. The van der Waals surface area contributed by atoms with Crippen molar-refractivity contribution in [3.8, 4) is 0 Å². The molecule has 2 aromatic carbocycles. The summed E-state index contributed by atoms with van der Waals surface area (Å²) in [4.78, 5) is 51.4. The Morgan fingerprint density at radius 2 is 1.00 bits per heavy atom. The van der Waals surface area contributed by atoms with Crippen molar-refractivity contribution in [2.24, 2.45) is 0 Å². The molecule has 6 heteroatoms. The average molecular weight is 346 g/mol. The summed E-state index contributed by atoms with van der Waals surface area (Å²) < 4.78 is 0. The van der Waals surface area contributed by atoms with E-state index in [9.17, 15) is 19.2 Å². The van der Waals surface area contributed by atoms with E-state index in [2.05, 4.69) is 0 Å². The number of hydrogen-bond donors (Lipinski definition) is 0. The second-order valence-electron chi connectivity index (χ2n) is 6.26. The average Bonchev–Trinajstić information content (AvgIpc) is 3.01. The molecule has 2 aliphatic rings. The maximum atomic E-state index is 12.4. The van der Waals surface area contributed by atoms with E-state index in [0.717, 1.165) is 9.80 Å². The highest BCUT2D eigenvalue weighted by molar-refractivity contribution is 6.35. The van der Waals surface area contributed by atoms with Crippen LogP contribution in [0.2, 0.25) is 0 Å². The van der Waals surface area contributed by atoms with E-state index in [-0.39, 0.29) is 11.8 Å². The highest BCUT2D eigenvalue weighted by Gasteiger charge is 2.34. The number of benzene rings is 2. The van der Waals surface area contributed by atoms with Gasteiger partial charge in [0, 0.05) is 34.1 Å². The minimum atomic E-state index is -0.406. The Morgan fingerprint density at radius 3 is 1.31 bits per heavy atom. The Hall–Kier alpha value is -3.54. The number of imide groups is 2. The predicted octanol–water partition coefficient (Wildman–Crippen LogP) is 2.48. The van der Waals surface area contributed by atoms with Crippen LogP contribution in [-0.4, -0.2) is 23.6 Å².